The van der Waals surface area contributed by atoms with Crippen LogP contribution in [0.5, 0.6) is 0 Å². The highest BCUT2D eigenvalue weighted by atomic mass is 16.4. The SMILES string of the molecule is CC1=C(C(=O)O)C=C(C(=O)O)C(C)N1. The van der Waals surface area contributed by atoms with Gasteiger partial charge < -0.3 is 15.5 Å². The van der Waals surface area contributed by atoms with Crippen LogP contribution in [0.1, 0.15) is 13.8 Å². The summed E-state index contributed by atoms with van der Waals surface area (Å²) in [6.07, 6.45) is 1.20. The van der Waals surface area contributed by atoms with Gasteiger partial charge in [-0.25, -0.2) is 9.59 Å². The molecule has 0 aromatic heterocycles. The monoisotopic (exact) mass is 197 g/mol. The maximum atomic E-state index is 10.7. The zero-order valence-electron chi connectivity index (χ0n) is 7.87. The van der Waals surface area contributed by atoms with Crippen molar-refractivity contribution in [1.29, 1.82) is 0 Å². The molecule has 14 heavy (non-hydrogen) atoms. The maximum Gasteiger partial charge on any atom is 0.337 e. The fraction of sp³-hybridized carbons (Fsp3) is 0.333. The molecule has 0 aromatic rings. The van der Waals surface area contributed by atoms with Crippen LogP contribution >= 0.6 is 0 Å². The Hall–Kier alpha value is -1.78. The molecule has 0 amide bonds. The van der Waals surface area contributed by atoms with Gasteiger partial charge in [-0.2, -0.15) is 0 Å². The predicted molar refractivity (Wildman–Crippen MR) is 48.7 cm³/mol. The van der Waals surface area contributed by atoms with Crippen LogP contribution in [0.25, 0.3) is 0 Å². The summed E-state index contributed by atoms with van der Waals surface area (Å²) in [5, 5.41) is 20.3. The molecule has 1 heterocycles. The Morgan fingerprint density at radius 1 is 1.36 bits per heavy atom. The Morgan fingerprint density at radius 2 is 1.93 bits per heavy atom. The Labute approximate surface area is 80.7 Å². The molecule has 0 spiro atoms. The van der Waals surface area contributed by atoms with Crippen molar-refractivity contribution in [3.63, 3.8) is 0 Å². The van der Waals surface area contributed by atoms with Crippen molar-refractivity contribution in [1.82, 2.24) is 5.32 Å². The fourth-order valence-corrected chi connectivity index (χ4v) is 1.34. The first-order valence-electron chi connectivity index (χ1n) is 4.09. The molecule has 0 saturated carbocycles. The maximum absolute atomic E-state index is 10.7. The molecular weight excluding hydrogens is 186 g/mol. The summed E-state index contributed by atoms with van der Waals surface area (Å²) in [4.78, 5) is 21.4. The third-order valence-electron chi connectivity index (χ3n) is 2.08. The van der Waals surface area contributed by atoms with Gasteiger partial charge in [-0.1, -0.05) is 0 Å². The first-order chi connectivity index (χ1) is 6.43. The van der Waals surface area contributed by atoms with Gasteiger partial charge in [0, 0.05) is 5.70 Å². The van der Waals surface area contributed by atoms with E-state index < -0.39 is 11.9 Å². The van der Waals surface area contributed by atoms with Crippen molar-refractivity contribution in [3.8, 4) is 0 Å². The number of allylic oxidation sites excluding steroid dienone is 1. The summed E-state index contributed by atoms with van der Waals surface area (Å²) in [6.45, 7) is 3.27. The second-order valence-electron chi connectivity index (χ2n) is 3.11. The molecule has 0 aromatic carbocycles. The van der Waals surface area contributed by atoms with Gasteiger partial charge in [0.1, 0.15) is 0 Å². The molecule has 1 atom stereocenters. The minimum absolute atomic E-state index is 0.000463. The highest BCUT2D eigenvalue weighted by molar-refractivity contribution is 5.96. The molecule has 0 saturated heterocycles. The van der Waals surface area contributed by atoms with Gasteiger partial charge >= 0.3 is 11.9 Å². The lowest BCUT2D eigenvalue weighted by molar-refractivity contribution is -0.133. The highest BCUT2D eigenvalue weighted by Crippen LogP contribution is 2.17. The van der Waals surface area contributed by atoms with E-state index >= 15 is 0 Å². The molecular formula is C9H11NO4. The number of carbonyl (C=O) groups is 2. The van der Waals surface area contributed by atoms with Gasteiger partial charge in [0.05, 0.1) is 17.2 Å². The Bertz CT molecular complexity index is 354. The first kappa shape index (κ1) is 10.3. The summed E-state index contributed by atoms with van der Waals surface area (Å²) >= 11 is 0. The summed E-state index contributed by atoms with van der Waals surface area (Å²) in [6, 6.07) is -0.365. The van der Waals surface area contributed by atoms with E-state index in [4.69, 9.17) is 10.2 Å². The summed E-state index contributed by atoms with van der Waals surface area (Å²) in [5.74, 6) is -2.23. The predicted octanol–water partition coefficient (Wildman–Crippen LogP) is 0.348. The Morgan fingerprint density at radius 3 is 2.36 bits per heavy atom. The second kappa shape index (κ2) is 3.53. The number of rotatable bonds is 2. The summed E-state index contributed by atoms with van der Waals surface area (Å²) < 4.78 is 0. The molecule has 1 unspecified atom stereocenters. The topological polar surface area (TPSA) is 86.6 Å². The van der Waals surface area contributed by atoms with E-state index in [1.807, 2.05) is 0 Å². The molecule has 0 aliphatic carbocycles. The van der Waals surface area contributed by atoms with Crippen molar-refractivity contribution in [2.75, 3.05) is 0 Å². The van der Waals surface area contributed by atoms with E-state index in [1.165, 1.54) is 6.08 Å². The first-order valence-corrected chi connectivity index (χ1v) is 4.09. The van der Waals surface area contributed by atoms with Crippen LogP contribution in [-0.4, -0.2) is 28.2 Å². The van der Waals surface area contributed by atoms with Crippen LogP contribution < -0.4 is 5.32 Å². The van der Waals surface area contributed by atoms with Crippen molar-refractivity contribution in [2.45, 2.75) is 19.9 Å². The highest BCUT2D eigenvalue weighted by Gasteiger charge is 2.24. The molecule has 5 heteroatoms. The lowest BCUT2D eigenvalue weighted by atomic mass is 9.99. The fourth-order valence-electron chi connectivity index (χ4n) is 1.34. The van der Waals surface area contributed by atoms with Crippen LogP contribution in [-0.2, 0) is 9.59 Å². The minimum atomic E-state index is -1.12. The number of nitrogens with one attached hydrogen (secondary N) is 1. The Balaban J connectivity index is 3.14. The zero-order valence-corrected chi connectivity index (χ0v) is 7.87. The molecule has 1 rings (SSSR count). The van der Waals surface area contributed by atoms with E-state index in [0.717, 1.165) is 0 Å². The van der Waals surface area contributed by atoms with Crippen molar-refractivity contribution < 1.29 is 19.8 Å². The van der Waals surface area contributed by atoms with Gasteiger partial charge in [-0.3, -0.25) is 0 Å². The number of hydrogen-bond acceptors (Lipinski definition) is 3. The number of aliphatic carboxylic acids is 2. The quantitative estimate of drug-likeness (QED) is 0.594. The lowest BCUT2D eigenvalue weighted by Crippen LogP contribution is -2.34. The van der Waals surface area contributed by atoms with Crippen LogP contribution in [0.15, 0.2) is 22.9 Å². The van der Waals surface area contributed by atoms with Crippen LogP contribution in [0.2, 0.25) is 0 Å². The van der Waals surface area contributed by atoms with Crippen molar-refractivity contribution >= 4 is 11.9 Å². The van der Waals surface area contributed by atoms with Gasteiger partial charge in [0.25, 0.3) is 0 Å². The number of hydrogen-bond donors (Lipinski definition) is 3. The standard InChI is InChI=1S/C9H11NO4/c1-4-6(8(11)12)3-7(9(13)14)5(2)10-4/h3-4,10H,1-2H3,(H,11,12)(H,13,14). The van der Waals surface area contributed by atoms with Crippen LogP contribution in [0.3, 0.4) is 0 Å². The van der Waals surface area contributed by atoms with Gasteiger partial charge in [0.15, 0.2) is 0 Å². The average Bonchev–Trinajstić information content (AvgIpc) is 2.02. The average molecular weight is 197 g/mol. The molecule has 5 nitrogen and oxygen atoms in total. The van der Waals surface area contributed by atoms with Crippen LogP contribution in [0.4, 0.5) is 0 Å². The zero-order chi connectivity index (χ0) is 10.9. The molecule has 0 radical (unpaired) electrons. The largest absolute Gasteiger partial charge is 0.478 e. The number of carboxylic acid groups (broad SMARTS) is 2. The van der Waals surface area contributed by atoms with Gasteiger partial charge in [-0.05, 0) is 19.9 Å². The van der Waals surface area contributed by atoms with E-state index in [0.29, 0.717) is 5.70 Å². The van der Waals surface area contributed by atoms with Crippen molar-refractivity contribution in [3.05, 3.63) is 22.9 Å². The number of dihydropyridines is 1. The number of carboxylic acids is 2. The minimum Gasteiger partial charge on any atom is -0.478 e. The lowest BCUT2D eigenvalue weighted by Gasteiger charge is -2.22. The molecule has 1 aliphatic heterocycles. The summed E-state index contributed by atoms with van der Waals surface area (Å²) in [5.41, 5.74) is 0.545. The van der Waals surface area contributed by atoms with E-state index in [1.54, 1.807) is 13.8 Å². The van der Waals surface area contributed by atoms with Gasteiger partial charge in [-0.15, -0.1) is 0 Å². The Kier molecular flexibility index (Phi) is 2.60. The van der Waals surface area contributed by atoms with Crippen molar-refractivity contribution in [2.24, 2.45) is 0 Å². The van der Waals surface area contributed by atoms with Gasteiger partial charge in [0.2, 0.25) is 0 Å². The molecule has 0 fully saturated rings. The third-order valence-corrected chi connectivity index (χ3v) is 2.08. The molecule has 3 N–H and O–H groups in total. The molecule has 1 aliphatic rings. The van der Waals surface area contributed by atoms with E-state index in [-0.39, 0.29) is 17.2 Å². The third kappa shape index (κ3) is 1.76. The smallest absolute Gasteiger partial charge is 0.337 e. The second-order valence-corrected chi connectivity index (χ2v) is 3.11. The summed E-state index contributed by atoms with van der Waals surface area (Å²) in [7, 11) is 0. The van der Waals surface area contributed by atoms with E-state index in [2.05, 4.69) is 5.32 Å². The normalized spacial score (nSPS) is 21.3. The molecule has 76 valence electrons. The van der Waals surface area contributed by atoms with Crippen LogP contribution in [0, 0.1) is 0 Å². The van der Waals surface area contributed by atoms with E-state index in [9.17, 15) is 9.59 Å². The molecule has 0 bridgehead atoms.